The van der Waals surface area contributed by atoms with Gasteiger partial charge in [0.15, 0.2) is 0 Å². The molecule has 0 saturated heterocycles. The zero-order valence-electron chi connectivity index (χ0n) is 13.4. The summed E-state index contributed by atoms with van der Waals surface area (Å²) >= 11 is 0. The van der Waals surface area contributed by atoms with Crippen LogP contribution in [-0.4, -0.2) is 15.9 Å². The quantitative estimate of drug-likeness (QED) is 0.724. The number of nitrogens with one attached hydrogen (secondary N) is 2. The van der Waals surface area contributed by atoms with Crippen molar-refractivity contribution in [3.63, 3.8) is 0 Å². The van der Waals surface area contributed by atoms with Crippen LogP contribution < -0.4 is 15.6 Å². The van der Waals surface area contributed by atoms with Crippen LogP contribution in [-0.2, 0) is 13.2 Å². The lowest BCUT2D eigenvalue weighted by molar-refractivity contribution is 0.0950. The van der Waals surface area contributed by atoms with E-state index in [0.717, 1.165) is 11.3 Å². The second-order valence-electron chi connectivity index (χ2n) is 5.38. The Balaban J connectivity index is 1.57. The van der Waals surface area contributed by atoms with Gasteiger partial charge in [0.1, 0.15) is 12.4 Å². The molecule has 0 unspecified atom stereocenters. The number of aromatic nitrogens is 2. The molecule has 2 aromatic heterocycles. The van der Waals surface area contributed by atoms with Crippen molar-refractivity contribution in [1.82, 2.24) is 15.3 Å². The zero-order valence-corrected chi connectivity index (χ0v) is 13.4. The minimum Gasteiger partial charge on any atom is -0.487 e. The van der Waals surface area contributed by atoms with Crippen molar-refractivity contribution in [2.24, 2.45) is 0 Å². The predicted octanol–water partition coefficient (Wildman–Crippen LogP) is 2.28. The van der Waals surface area contributed by atoms with Crippen LogP contribution >= 0.6 is 0 Å². The Bertz CT molecular complexity index is 887. The van der Waals surface area contributed by atoms with Crippen LogP contribution in [0.3, 0.4) is 0 Å². The SMILES string of the molecule is O=C(NCc1cccc(OCc2ccccn2)c1)c1ccc(=O)[nH]c1. The second-order valence-corrected chi connectivity index (χ2v) is 5.38. The first-order valence-corrected chi connectivity index (χ1v) is 7.79. The van der Waals surface area contributed by atoms with Gasteiger partial charge < -0.3 is 15.0 Å². The molecule has 0 aliphatic heterocycles. The molecular formula is C19H17N3O3. The highest BCUT2D eigenvalue weighted by Gasteiger charge is 2.05. The molecule has 0 atom stereocenters. The van der Waals surface area contributed by atoms with Crippen LogP contribution in [0.5, 0.6) is 5.75 Å². The first-order valence-electron chi connectivity index (χ1n) is 7.79. The lowest BCUT2D eigenvalue weighted by Crippen LogP contribution is -2.23. The number of ether oxygens (including phenoxy) is 1. The van der Waals surface area contributed by atoms with Crippen LogP contribution in [0.1, 0.15) is 21.6 Å². The molecular weight excluding hydrogens is 318 g/mol. The molecule has 0 saturated carbocycles. The van der Waals surface area contributed by atoms with Crippen molar-refractivity contribution in [2.75, 3.05) is 0 Å². The molecule has 1 amide bonds. The maximum atomic E-state index is 12.1. The number of amides is 1. The predicted molar refractivity (Wildman–Crippen MR) is 93.2 cm³/mol. The fourth-order valence-electron chi connectivity index (χ4n) is 2.22. The van der Waals surface area contributed by atoms with E-state index in [1.807, 2.05) is 42.5 Å². The third-order valence-electron chi connectivity index (χ3n) is 3.51. The van der Waals surface area contributed by atoms with E-state index in [1.165, 1.54) is 18.3 Å². The molecule has 6 heteroatoms. The van der Waals surface area contributed by atoms with Gasteiger partial charge in [-0.15, -0.1) is 0 Å². The van der Waals surface area contributed by atoms with E-state index in [1.54, 1.807) is 6.20 Å². The fraction of sp³-hybridized carbons (Fsp3) is 0.105. The molecule has 0 aliphatic carbocycles. The topological polar surface area (TPSA) is 84.1 Å². The standard InChI is InChI=1S/C19H17N3O3/c23-18-8-7-15(12-21-18)19(24)22-11-14-4-3-6-17(10-14)25-13-16-5-1-2-9-20-16/h1-10,12H,11,13H2,(H,21,23)(H,22,24). The third kappa shape index (κ3) is 4.78. The summed E-state index contributed by atoms with van der Waals surface area (Å²) in [5, 5.41) is 2.81. The molecule has 2 heterocycles. The summed E-state index contributed by atoms with van der Waals surface area (Å²) in [6.45, 7) is 0.743. The number of rotatable bonds is 6. The van der Waals surface area contributed by atoms with Gasteiger partial charge in [-0.05, 0) is 35.9 Å². The molecule has 3 rings (SSSR count). The van der Waals surface area contributed by atoms with Crippen molar-refractivity contribution in [1.29, 1.82) is 0 Å². The van der Waals surface area contributed by atoms with Gasteiger partial charge in [-0.3, -0.25) is 14.6 Å². The first-order chi connectivity index (χ1) is 12.2. The third-order valence-corrected chi connectivity index (χ3v) is 3.51. The largest absolute Gasteiger partial charge is 0.487 e. The van der Waals surface area contributed by atoms with Crippen LogP contribution in [0.15, 0.2) is 71.8 Å². The number of carbonyl (C=O) groups is 1. The minimum absolute atomic E-state index is 0.241. The molecule has 1 aromatic carbocycles. The summed E-state index contributed by atoms with van der Waals surface area (Å²) in [4.78, 5) is 29.8. The van der Waals surface area contributed by atoms with Crippen LogP contribution in [0.2, 0.25) is 0 Å². The molecule has 0 bridgehead atoms. The molecule has 126 valence electrons. The highest BCUT2D eigenvalue weighted by Crippen LogP contribution is 2.14. The minimum atomic E-state index is -0.254. The van der Waals surface area contributed by atoms with Crippen molar-refractivity contribution >= 4 is 5.91 Å². The maximum Gasteiger partial charge on any atom is 0.253 e. The highest BCUT2D eigenvalue weighted by atomic mass is 16.5. The Labute approximate surface area is 144 Å². The van der Waals surface area contributed by atoms with Crippen molar-refractivity contribution in [3.05, 3.63) is 94.2 Å². The normalized spacial score (nSPS) is 10.2. The summed E-state index contributed by atoms with van der Waals surface area (Å²) < 4.78 is 5.72. The Morgan fingerprint density at radius 1 is 1.12 bits per heavy atom. The lowest BCUT2D eigenvalue weighted by atomic mass is 10.2. The number of pyridine rings is 2. The van der Waals surface area contributed by atoms with Gasteiger partial charge in [-0.1, -0.05) is 18.2 Å². The number of nitrogens with zero attached hydrogens (tertiary/aromatic N) is 1. The lowest BCUT2D eigenvalue weighted by Gasteiger charge is -2.09. The van der Waals surface area contributed by atoms with Crippen molar-refractivity contribution in [2.45, 2.75) is 13.2 Å². The monoisotopic (exact) mass is 335 g/mol. The van der Waals surface area contributed by atoms with E-state index in [9.17, 15) is 9.59 Å². The molecule has 0 aliphatic rings. The summed E-state index contributed by atoms with van der Waals surface area (Å²) in [6, 6.07) is 16.0. The number of aromatic amines is 1. The smallest absolute Gasteiger partial charge is 0.253 e. The van der Waals surface area contributed by atoms with Crippen molar-refractivity contribution in [3.8, 4) is 5.75 Å². The average molecular weight is 335 g/mol. The summed E-state index contributed by atoms with van der Waals surface area (Å²) in [7, 11) is 0. The molecule has 6 nitrogen and oxygen atoms in total. The van der Waals surface area contributed by atoms with Crippen molar-refractivity contribution < 1.29 is 9.53 Å². The van der Waals surface area contributed by atoms with Gasteiger partial charge in [0.2, 0.25) is 5.56 Å². The molecule has 0 spiro atoms. The fourth-order valence-corrected chi connectivity index (χ4v) is 2.22. The van der Waals surface area contributed by atoms with Gasteiger partial charge in [-0.2, -0.15) is 0 Å². The van der Waals surface area contributed by atoms with Gasteiger partial charge >= 0.3 is 0 Å². The van der Waals surface area contributed by atoms with Gasteiger partial charge in [0.05, 0.1) is 11.3 Å². The van der Waals surface area contributed by atoms with E-state index < -0.39 is 0 Å². The number of hydrogen-bond donors (Lipinski definition) is 2. The van der Waals surface area contributed by atoms with Crippen LogP contribution in [0.25, 0.3) is 0 Å². The number of carbonyl (C=O) groups excluding carboxylic acids is 1. The number of benzene rings is 1. The molecule has 3 aromatic rings. The Morgan fingerprint density at radius 3 is 2.80 bits per heavy atom. The Hall–Kier alpha value is -3.41. The van der Waals surface area contributed by atoms with E-state index in [2.05, 4.69) is 15.3 Å². The molecule has 25 heavy (non-hydrogen) atoms. The molecule has 0 fully saturated rings. The Kier molecular flexibility index (Phi) is 5.21. The van der Waals surface area contributed by atoms with E-state index in [0.29, 0.717) is 24.5 Å². The van der Waals surface area contributed by atoms with E-state index in [-0.39, 0.29) is 11.5 Å². The average Bonchev–Trinajstić information content (AvgIpc) is 2.66. The zero-order chi connectivity index (χ0) is 17.5. The van der Waals surface area contributed by atoms with Gasteiger partial charge in [0.25, 0.3) is 5.91 Å². The maximum absolute atomic E-state index is 12.1. The summed E-state index contributed by atoms with van der Waals surface area (Å²) in [5.41, 5.74) is 1.92. The number of H-pyrrole nitrogens is 1. The van der Waals surface area contributed by atoms with E-state index >= 15 is 0 Å². The van der Waals surface area contributed by atoms with Gasteiger partial charge in [-0.25, -0.2) is 0 Å². The van der Waals surface area contributed by atoms with E-state index in [4.69, 9.17) is 4.74 Å². The van der Waals surface area contributed by atoms with Crippen LogP contribution in [0.4, 0.5) is 0 Å². The highest BCUT2D eigenvalue weighted by molar-refractivity contribution is 5.93. The summed E-state index contributed by atoms with van der Waals surface area (Å²) in [5.74, 6) is 0.456. The number of hydrogen-bond acceptors (Lipinski definition) is 4. The van der Waals surface area contributed by atoms with Gasteiger partial charge in [0, 0.05) is 25.0 Å². The molecule has 2 N–H and O–H groups in total. The first kappa shape index (κ1) is 16.4. The molecule has 0 radical (unpaired) electrons. The summed E-state index contributed by atoms with van der Waals surface area (Å²) in [6.07, 6.45) is 3.12. The Morgan fingerprint density at radius 2 is 2.04 bits per heavy atom. The second kappa shape index (κ2) is 7.92. The van der Waals surface area contributed by atoms with Crippen LogP contribution in [0, 0.1) is 0 Å².